The van der Waals surface area contributed by atoms with Gasteiger partial charge in [-0.3, -0.25) is 0 Å². The number of hydrogen-bond donors (Lipinski definition) is 0. The van der Waals surface area contributed by atoms with Crippen molar-refractivity contribution in [1.82, 2.24) is 4.98 Å². The van der Waals surface area contributed by atoms with Crippen molar-refractivity contribution in [2.75, 3.05) is 30.9 Å². The van der Waals surface area contributed by atoms with Gasteiger partial charge >= 0.3 is 0 Å². The maximum Gasteiger partial charge on any atom is 0.214 e. The van der Waals surface area contributed by atoms with E-state index in [1.165, 1.54) is 19.3 Å². The van der Waals surface area contributed by atoms with Gasteiger partial charge in [0.25, 0.3) is 0 Å². The van der Waals surface area contributed by atoms with E-state index in [1.54, 1.807) is 7.11 Å². The fraction of sp³-hybridized carbons (Fsp3) is 0.583. The van der Waals surface area contributed by atoms with Gasteiger partial charge in [0, 0.05) is 25.0 Å². The zero-order chi connectivity index (χ0) is 11.8. The summed E-state index contributed by atoms with van der Waals surface area (Å²) in [5.41, 5.74) is 0. The number of nitrogens with zero attached hydrogens (tertiary/aromatic N) is 2. The summed E-state index contributed by atoms with van der Waals surface area (Å²) in [5.74, 6) is 1.64. The zero-order valence-corrected chi connectivity index (χ0v) is 11.5. The number of halogens is 1. The van der Waals surface area contributed by atoms with Crippen LogP contribution in [-0.2, 0) is 0 Å². The minimum Gasteiger partial charge on any atom is -0.481 e. The molecule has 0 bridgehead atoms. The van der Waals surface area contributed by atoms with Gasteiger partial charge in [0.15, 0.2) is 0 Å². The molecule has 4 heteroatoms. The van der Waals surface area contributed by atoms with Gasteiger partial charge in [-0.2, -0.15) is 4.98 Å². The van der Waals surface area contributed by atoms with Gasteiger partial charge in [0.05, 0.1) is 7.11 Å². The predicted octanol–water partition coefficient (Wildman–Crippen LogP) is 3.09. The van der Waals surface area contributed by atoms with Crippen LogP contribution in [0.3, 0.4) is 0 Å². The Balaban J connectivity index is 2.42. The molecule has 0 spiro atoms. The van der Waals surface area contributed by atoms with Gasteiger partial charge in [-0.1, -0.05) is 28.4 Å². The van der Waals surface area contributed by atoms with E-state index in [9.17, 15) is 0 Å². The molecule has 0 fully saturated rings. The van der Waals surface area contributed by atoms with Gasteiger partial charge in [-0.15, -0.1) is 0 Å². The molecule has 0 atom stereocenters. The molecule has 0 N–H and O–H groups in total. The Hall–Kier alpha value is -0.770. The number of ether oxygens (including phenoxy) is 1. The smallest absolute Gasteiger partial charge is 0.214 e. The highest BCUT2D eigenvalue weighted by molar-refractivity contribution is 9.09. The minimum atomic E-state index is 0.671. The van der Waals surface area contributed by atoms with Crippen LogP contribution in [0, 0.1) is 0 Å². The summed E-state index contributed by atoms with van der Waals surface area (Å²) < 4.78 is 5.10. The van der Waals surface area contributed by atoms with Gasteiger partial charge in [-0.05, 0) is 18.9 Å². The summed E-state index contributed by atoms with van der Waals surface area (Å²) in [4.78, 5) is 6.55. The first kappa shape index (κ1) is 13.3. The Bertz CT molecular complexity index is 307. The lowest BCUT2D eigenvalue weighted by molar-refractivity contribution is 0.398. The molecule has 1 rings (SSSR count). The van der Waals surface area contributed by atoms with Gasteiger partial charge in [0.1, 0.15) is 5.82 Å². The molecule has 0 radical (unpaired) electrons. The first-order valence-corrected chi connectivity index (χ1v) is 6.68. The summed E-state index contributed by atoms with van der Waals surface area (Å²) >= 11 is 3.44. The number of rotatable bonds is 7. The quantitative estimate of drug-likeness (QED) is 0.569. The Labute approximate surface area is 106 Å². The van der Waals surface area contributed by atoms with E-state index in [2.05, 4.69) is 32.9 Å². The van der Waals surface area contributed by atoms with Gasteiger partial charge in [-0.25, -0.2) is 0 Å². The Morgan fingerprint density at radius 2 is 2.12 bits per heavy atom. The number of unbranched alkanes of at least 4 members (excludes halogenated alkanes) is 2. The lowest BCUT2D eigenvalue weighted by Crippen LogP contribution is -2.19. The Morgan fingerprint density at radius 1 is 1.31 bits per heavy atom. The molecule has 3 nitrogen and oxygen atoms in total. The summed E-state index contributed by atoms with van der Waals surface area (Å²) in [6, 6.07) is 5.84. The number of alkyl halides is 1. The van der Waals surface area contributed by atoms with E-state index in [-0.39, 0.29) is 0 Å². The third kappa shape index (κ3) is 4.39. The normalized spacial score (nSPS) is 10.2. The van der Waals surface area contributed by atoms with Crippen molar-refractivity contribution in [3.63, 3.8) is 0 Å². The number of pyridine rings is 1. The summed E-state index contributed by atoms with van der Waals surface area (Å²) in [5, 5.41) is 1.09. The van der Waals surface area contributed by atoms with Gasteiger partial charge < -0.3 is 9.64 Å². The summed E-state index contributed by atoms with van der Waals surface area (Å²) in [6.07, 6.45) is 3.68. The fourth-order valence-corrected chi connectivity index (χ4v) is 1.86. The van der Waals surface area contributed by atoms with E-state index in [4.69, 9.17) is 4.74 Å². The minimum absolute atomic E-state index is 0.671. The highest BCUT2D eigenvalue weighted by Crippen LogP contribution is 2.14. The molecule has 0 unspecified atom stereocenters. The standard InChI is InChI=1S/C12H19BrN2O/c1-15(10-5-3-4-9-13)11-7-6-8-12(14-11)16-2/h6-8H,3-5,9-10H2,1-2H3. The van der Waals surface area contributed by atoms with Crippen molar-refractivity contribution >= 4 is 21.7 Å². The molecule has 0 aliphatic carbocycles. The second kappa shape index (κ2) is 7.49. The second-order valence-corrected chi connectivity index (χ2v) is 4.50. The lowest BCUT2D eigenvalue weighted by atomic mass is 10.2. The SMILES string of the molecule is COc1cccc(N(C)CCCCCBr)n1. The van der Waals surface area contributed by atoms with Crippen LogP contribution in [0.25, 0.3) is 0 Å². The molecule has 16 heavy (non-hydrogen) atoms. The van der Waals surface area contributed by atoms with Crippen LogP contribution in [-0.4, -0.2) is 31.0 Å². The first-order chi connectivity index (χ1) is 7.77. The fourth-order valence-electron chi connectivity index (χ4n) is 1.47. The number of aromatic nitrogens is 1. The van der Waals surface area contributed by atoms with Crippen molar-refractivity contribution in [3.8, 4) is 5.88 Å². The van der Waals surface area contributed by atoms with E-state index < -0.39 is 0 Å². The van der Waals surface area contributed by atoms with Crippen molar-refractivity contribution in [2.45, 2.75) is 19.3 Å². The summed E-state index contributed by atoms with van der Waals surface area (Å²) in [6.45, 7) is 1.03. The maximum atomic E-state index is 5.10. The highest BCUT2D eigenvalue weighted by atomic mass is 79.9. The maximum absolute atomic E-state index is 5.10. The molecule has 0 aromatic carbocycles. The van der Waals surface area contributed by atoms with E-state index in [0.717, 1.165) is 17.7 Å². The molecule has 0 aliphatic heterocycles. The number of anilines is 1. The molecule has 1 heterocycles. The van der Waals surface area contributed by atoms with Crippen LogP contribution in [0.2, 0.25) is 0 Å². The van der Waals surface area contributed by atoms with Crippen LogP contribution >= 0.6 is 15.9 Å². The molecular formula is C12H19BrN2O. The third-order valence-electron chi connectivity index (χ3n) is 2.44. The second-order valence-electron chi connectivity index (χ2n) is 3.71. The van der Waals surface area contributed by atoms with Crippen LogP contribution in [0.4, 0.5) is 5.82 Å². The highest BCUT2D eigenvalue weighted by Gasteiger charge is 2.03. The molecule has 90 valence electrons. The molecule has 0 saturated carbocycles. The van der Waals surface area contributed by atoms with Crippen molar-refractivity contribution < 1.29 is 4.74 Å². The third-order valence-corrected chi connectivity index (χ3v) is 3.00. The molecule has 1 aromatic heterocycles. The first-order valence-electron chi connectivity index (χ1n) is 5.56. The zero-order valence-electron chi connectivity index (χ0n) is 9.95. The Kier molecular flexibility index (Phi) is 6.23. The molecule has 1 aromatic rings. The van der Waals surface area contributed by atoms with E-state index >= 15 is 0 Å². The molecule has 0 amide bonds. The van der Waals surface area contributed by atoms with Crippen molar-refractivity contribution in [3.05, 3.63) is 18.2 Å². The predicted molar refractivity (Wildman–Crippen MR) is 71.7 cm³/mol. The van der Waals surface area contributed by atoms with E-state index in [1.807, 2.05) is 18.2 Å². The largest absolute Gasteiger partial charge is 0.481 e. The molecular weight excluding hydrogens is 268 g/mol. The number of methoxy groups -OCH3 is 1. The number of hydrogen-bond acceptors (Lipinski definition) is 3. The topological polar surface area (TPSA) is 25.4 Å². The van der Waals surface area contributed by atoms with E-state index in [0.29, 0.717) is 5.88 Å². The van der Waals surface area contributed by atoms with Gasteiger partial charge in [0.2, 0.25) is 5.88 Å². The van der Waals surface area contributed by atoms with Crippen molar-refractivity contribution in [1.29, 1.82) is 0 Å². The monoisotopic (exact) mass is 286 g/mol. The van der Waals surface area contributed by atoms with Crippen LogP contribution in [0.5, 0.6) is 5.88 Å². The Morgan fingerprint density at radius 3 is 2.81 bits per heavy atom. The van der Waals surface area contributed by atoms with Crippen molar-refractivity contribution in [2.24, 2.45) is 0 Å². The average Bonchev–Trinajstić information content (AvgIpc) is 2.34. The van der Waals surface area contributed by atoms with Crippen LogP contribution < -0.4 is 9.64 Å². The van der Waals surface area contributed by atoms with Crippen LogP contribution in [0.15, 0.2) is 18.2 Å². The molecule has 0 aliphatic rings. The average molecular weight is 287 g/mol. The van der Waals surface area contributed by atoms with Crippen LogP contribution in [0.1, 0.15) is 19.3 Å². The summed E-state index contributed by atoms with van der Waals surface area (Å²) in [7, 11) is 3.71. The molecule has 0 saturated heterocycles. The lowest BCUT2D eigenvalue weighted by Gasteiger charge is -2.18.